The fourth-order valence-corrected chi connectivity index (χ4v) is 1.47. The normalized spacial score (nSPS) is 9.62. The van der Waals surface area contributed by atoms with Crippen molar-refractivity contribution in [2.24, 2.45) is 0 Å². The lowest BCUT2D eigenvalue weighted by Crippen LogP contribution is -2.14. The lowest BCUT2D eigenvalue weighted by atomic mass is 10.3. The van der Waals surface area contributed by atoms with Crippen LogP contribution in [-0.2, 0) is 0 Å². The van der Waals surface area contributed by atoms with Gasteiger partial charge in [-0.15, -0.1) is 0 Å². The van der Waals surface area contributed by atoms with Crippen LogP contribution in [-0.4, -0.2) is 27.6 Å². The van der Waals surface area contributed by atoms with E-state index in [2.05, 4.69) is 27.1 Å². The molecule has 0 aliphatic rings. The van der Waals surface area contributed by atoms with Gasteiger partial charge in [-0.1, -0.05) is 12.0 Å². The third-order valence-electron chi connectivity index (χ3n) is 2.40. The Morgan fingerprint density at radius 1 is 1.33 bits per heavy atom. The maximum Gasteiger partial charge on any atom is 0.275 e. The van der Waals surface area contributed by atoms with Crippen LogP contribution in [0.4, 0.5) is 10.2 Å². The summed E-state index contributed by atoms with van der Waals surface area (Å²) < 4.78 is 12.7. The van der Waals surface area contributed by atoms with E-state index in [9.17, 15) is 9.18 Å². The number of carbonyl (C=O) groups is 1. The molecular weight excluding hydrogens is 273 g/mol. The highest BCUT2D eigenvalue weighted by molar-refractivity contribution is 6.02. The minimum absolute atomic E-state index is 0.0142. The van der Waals surface area contributed by atoms with E-state index < -0.39 is 11.7 Å². The van der Waals surface area contributed by atoms with Gasteiger partial charge in [0, 0.05) is 6.42 Å². The number of rotatable bonds is 3. The van der Waals surface area contributed by atoms with E-state index in [0.29, 0.717) is 17.9 Å². The number of pyridine rings is 2. The first kappa shape index (κ1) is 14.6. The second-order valence-corrected chi connectivity index (χ2v) is 4.00. The first-order chi connectivity index (χ1) is 10.2. The van der Waals surface area contributed by atoms with Crippen LogP contribution in [0.3, 0.4) is 0 Å². The summed E-state index contributed by atoms with van der Waals surface area (Å²) in [5.41, 5.74) is 0.572. The molecule has 6 heteroatoms. The number of hydrogen-bond donors (Lipinski definition) is 2. The van der Waals surface area contributed by atoms with Gasteiger partial charge in [0.2, 0.25) is 0 Å². The molecule has 0 aliphatic carbocycles. The summed E-state index contributed by atoms with van der Waals surface area (Å²) in [6.07, 6.45) is 1.33. The first-order valence-corrected chi connectivity index (χ1v) is 6.19. The zero-order valence-electron chi connectivity index (χ0n) is 11.0. The van der Waals surface area contributed by atoms with Crippen LogP contribution >= 0.6 is 0 Å². The molecule has 0 unspecified atom stereocenters. The molecule has 21 heavy (non-hydrogen) atoms. The quantitative estimate of drug-likeness (QED) is 0.840. The number of nitrogens with zero attached hydrogens (tertiary/aromatic N) is 2. The molecule has 2 rings (SSSR count). The number of amides is 1. The molecule has 0 atom stereocenters. The summed E-state index contributed by atoms with van der Waals surface area (Å²) in [6.45, 7) is -0.0142. The second-order valence-electron chi connectivity index (χ2n) is 4.00. The topological polar surface area (TPSA) is 75.1 Å². The minimum atomic E-state index is -0.508. The molecule has 2 heterocycles. The molecule has 0 aliphatic heterocycles. The number of nitrogens with one attached hydrogen (secondary N) is 1. The molecule has 2 aromatic heterocycles. The summed E-state index contributed by atoms with van der Waals surface area (Å²) in [4.78, 5) is 19.7. The SMILES string of the molecule is O=C(Nc1cccc(C#CCCO)n1)c1ccc(F)cn1. The molecule has 0 saturated heterocycles. The van der Waals surface area contributed by atoms with E-state index in [0.717, 1.165) is 12.3 Å². The summed E-state index contributed by atoms with van der Waals surface area (Å²) in [7, 11) is 0. The zero-order chi connectivity index (χ0) is 15.1. The number of halogens is 1. The van der Waals surface area contributed by atoms with Crippen molar-refractivity contribution in [2.75, 3.05) is 11.9 Å². The van der Waals surface area contributed by atoms with Crippen LogP contribution in [0.5, 0.6) is 0 Å². The Kier molecular flexibility index (Phi) is 4.96. The number of aliphatic hydroxyl groups excluding tert-OH is 1. The molecule has 1 amide bonds. The van der Waals surface area contributed by atoms with Crippen LogP contribution in [0.25, 0.3) is 0 Å². The lowest BCUT2D eigenvalue weighted by molar-refractivity contribution is 0.102. The number of aliphatic hydroxyl groups is 1. The van der Waals surface area contributed by atoms with Gasteiger partial charge in [0.1, 0.15) is 23.0 Å². The third kappa shape index (κ3) is 4.37. The van der Waals surface area contributed by atoms with Crippen molar-refractivity contribution in [1.29, 1.82) is 0 Å². The molecule has 2 N–H and O–H groups in total. The van der Waals surface area contributed by atoms with Gasteiger partial charge in [-0.3, -0.25) is 4.79 Å². The van der Waals surface area contributed by atoms with Gasteiger partial charge < -0.3 is 10.4 Å². The lowest BCUT2D eigenvalue weighted by Gasteiger charge is -2.03. The van der Waals surface area contributed by atoms with Crippen molar-refractivity contribution in [3.05, 3.63) is 53.7 Å². The number of carbonyl (C=O) groups excluding carboxylic acids is 1. The number of hydrogen-bond acceptors (Lipinski definition) is 4. The molecule has 0 spiro atoms. The fourth-order valence-electron chi connectivity index (χ4n) is 1.47. The molecule has 0 saturated carbocycles. The van der Waals surface area contributed by atoms with Crippen molar-refractivity contribution < 1.29 is 14.3 Å². The Bertz CT molecular complexity index is 690. The molecule has 106 valence electrons. The summed E-state index contributed by atoms with van der Waals surface area (Å²) in [5, 5.41) is 11.2. The summed E-state index contributed by atoms with van der Waals surface area (Å²) >= 11 is 0. The van der Waals surface area contributed by atoms with Crippen LogP contribution < -0.4 is 5.32 Å². The molecule has 0 fully saturated rings. The molecule has 0 bridgehead atoms. The van der Waals surface area contributed by atoms with Gasteiger partial charge in [-0.2, -0.15) is 0 Å². The van der Waals surface area contributed by atoms with Crippen LogP contribution in [0, 0.1) is 17.7 Å². The van der Waals surface area contributed by atoms with Gasteiger partial charge >= 0.3 is 0 Å². The van der Waals surface area contributed by atoms with Crippen molar-refractivity contribution in [2.45, 2.75) is 6.42 Å². The average molecular weight is 285 g/mol. The van der Waals surface area contributed by atoms with Crippen LogP contribution in [0.1, 0.15) is 22.6 Å². The highest BCUT2D eigenvalue weighted by Gasteiger charge is 2.08. The molecule has 0 aromatic carbocycles. The Morgan fingerprint density at radius 3 is 2.90 bits per heavy atom. The average Bonchev–Trinajstić information content (AvgIpc) is 2.48. The Balaban J connectivity index is 2.09. The summed E-state index contributed by atoms with van der Waals surface area (Å²) in [6, 6.07) is 7.44. The Morgan fingerprint density at radius 2 is 2.19 bits per heavy atom. The zero-order valence-corrected chi connectivity index (χ0v) is 11.0. The fraction of sp³-hybridized carbons (Fsp3) is 0.133. The number of anilines is 1. The van der Waals surface area contributed by atoms with Crippen molar-refractivity contribution in [1.82, 2.24) is 9.97 Å². The van der Waals surface area contributed by atoms with Gasteiger partial charge in [-0.25, -0.2) is 14.4 Å². The largest absolute Gasteiger partial charge is 0.395 e. The molecule has 0 radical (unpaired) electrons. The van der Waals surface area contributed by atoms with Gasteiger partial charge in [0.25, 0.3) is 5.91 Å². The third-order valence-corrected chi connectivity index (χ3v) is 2.40. The predicted octanol–water partition coefficient (Wildman–Crippen LogP) is 1.60. The monoisotopic (exact) mass is 285 g/mol. The highest BCUT2D eigenvalue weighted by atomic mass is 19.1. The Labute approximate surface area is 120 Å². The predicted molar refractivity (Wildman–Crippen MR) is 75.0 cm³/mol. The van der Waals surface area contributed by atoms with Gasteiger partial charge in [0.05, 0.1) is 12.8 Å². The van der Waals surface area contributed by atoms with E-state index in [1.807, 2.05) is 0 Å². The first-order valence-electron chi connectivity index (χ1n) is 6.19. The van der Waals surface area contributed by atoms with E-state index in [1.165, 1.54) is 6.07 Å². The minimum Gasteiger partial charge on any atom is -0.395 e. The Hall–Kier alpha value is -2.78. The van der Waals surface area contributed by atoms with E-state index in [4.69, 9.17) is 5.11 Å². The number of aromatic nitrogens is 2. The molecule has 2 aromatic rings. The second kappa shape index (κ2) is 7.12. The van der Waals surface area contributed by atoms with E-state index >= 15 is 0 Å². The van der Waals surface area contributed by atoms with Gasteiger partial charge in [0.15, 0.2) is 0 Å². The smallest absolute Gasteiger partial charge is 0.275 e. The van der Waals surface area contributed by atoms with E-state index in [1.54, 1.807) is 18.2 Å². The van der Waals surface area contributed by atoms with Crippen molar-refractivity contribution in [3.8, 4) is 11.8 Å². The molecule has 5 nitrogen and oxygen atoms in total. The molecular formula is C15H12FN3O2. The van der Waals surface area contributed by atoms with Crippen molar-refractivity contribution in [3.63, 3.8) is 0 Å². The van der Waals surface area contributed by atoms with Crippen molar-refractivity contribution >= 4 is 11.7 Å². The van der Waals surface area contributed by atoms with Gasteiger partial charge in [-0.05, 0) is 30.2 Å². The maximum atomic E-state index is 12.7. The highest BCUT2D eigenvalue weighted by Crippen LogP contribution is 2.07. The maximum absolute atomic E-state index is 12.7. The standard InChI is InChI=1S/C15H12FN3O2/c16-11-7-8-13(17-10-11)15(21)19-14-6-3-5-12(18-14)4-1-2-9-20/h3,5-8,10,20H,2,9H2,(H,18,19,21). The summed E-state index contributed by atoms with van der Waals surface area (Å²) in [5.74, 6) is 4.84. The van der Waals surface area contributed by atoms with Crippen LogP contribution in [0.15, 0.2) is 36.5 Å². The van der Waals surface area contributed by atoms with E-state index in [-0.39, 0.29) is 12.3 Å². The van der Waals surface area contributed by atoms with Crippen LogP contribution in [0.2, 0.25) is 0 Å².